The van der Waals surface area contributed by atoms with Crippen LogP contribution in [0, 0.1) is 5.92 Å². The number of hydrogen-bond donors (Lipinski definition) is 1. The van der Waals surface area contributed by atoms with Crippen LogP contribution in [0.25, 0.3) is 0 Å². The van der Waals surface area contributed by atoms with E-state index in [0.717, 1.165) is 11.6 Å². The van der Waals surface area contributed by atoms with Gasteiger partial charge in [-0.1, -0.05) is 48.5 Å². The molecule has 26 heavy (non-hydrogen) atoms. The highest BCUT2D eigenvalue weighted by Gasteiger charge is 2.37. The maximum Gasteiger partial charge on any atom is 0.416 e. The number of rotatable bonds is 4. The first-order valence-electron chi connectivity index (χ1n) is 8.58. The van der Waals surface area contributed by atoms with E-state index >= 15 is 0 Å². The summed E-state index contributed by atoms with van der Waals surface area (Å²) in [4.78, 5) is 14.3. The van der Waals surface area contributed by atoms with Crippen LogP contribution >= 0.6 is 0 Å². The van der Waals surface area contributed by atoms with Crippen LogP contribution in [0.4, 0.5) is 13.2 Å². The number of benzene rings is 2. The number of carbonyl (C=O) groups is 1. The van der Waals surface area contributed by atoms with Gasteiger partial charge in [-0.25, -0.2) is 0 Å². The molecule has 1 aliphatic rings. The molecule has 0 saturated carbocycles. The molecule has 1 heterocycles. The summed E-state index contributed by atoms with van der Waals surface area (Å²) in [5.74, 6) is -0.0687. The van der Waals surface area contributed by atoms with Gasteiger partial charge in [-0.2, -0.15) is 13.2 Å². The van der Waals surface area contributed by atoms with Crippen molar-refractivity contribution in [2.75, 3.05) is 19.6 Å². The second kappa shape index (κ2) is 7.50. The quantitative estimate of drug-likeness (QED) is 0.906. The second-order valence-electron chi connectivity index (χ2n) is 6.64. The summed E-state index contributed by atoms with van der Waals surface area (Å²) in [6.07, 6.45) is -4.72. The van der Waals surface area contributed by atoms with E-state index in [0.29, 0.717) is 19.6 Å². The summed E-state index contributed by atoms with van der Waals surface area (Å²) >= 11 is 0. The van der Waals surface area contributed by atoms with E-state index in [1.165, 1.54) is 18.2 Å². The minimum Gasteiger partial charge on any atom is -0.341 e. The fourth-order valence-corrected chi connectivity index (χ4v) is 3.62. The molecule has 1 amide bonds. The first kappa shape index (κ1) is 18.5. The maximum atomic E-state index is 13.1. The van der Waals surface area contributed by atoms with Crippen LogP contribution in [0.15, 0.2) is 54.6 Å². The molecule has 138 valence electrons. The number of hydrogen-bond acceptors (Lipinski definition) is 2. The van der Waals surface area contributed by atoms with Gasteiger partial charge in [0.25, 0.3) is 0 Å². The summed E-state index contributed by atoms with van der Waals surface area (Å²) in [6.45, 7) is 1.39. The van der Waals surface area contributed by atoms with E-state index in [1.54, 1.807) is 4.90 Å². The van der Waals surface area contributed by atoms with Gasteiger partial charge in [-0.3, -0.25) is 4.79 Å². The first-order valence-corrected chi connectivity index (χ1v) is 8.58. The van der Waals surface area contributed by atoms with Crippen LogP contribution in [0.3, 0.4) is 0 Å². The molecule has 2 aromatic carbocycles. The summed E-state index contributed by atoms with van der Waals surface area (Å²) in [7, 11) is 0. The molecule has 6 heteroatoms. The highest BCUT2D eigenvalue weighted by atomic mass is 19.4. The Morgan fingerprint density at radius 3 is 2.35 bits per heavy atom. The largest absolute Gasteiger partial charge is 0.416 e. The van der Waals surface area contributed by atoms with Crippen molar-refractivity contribution >= 4 is 5.91 Å². The molecule has 0 aromatic heterocycles. The fourth-order valence-electron chi connectivity index (χ4n) is 3.62. The molecule has 0 bridgehead atoms. The third kappa shape index (κ3) is 3.90. The zero-order valence-corrected chi connectivity index (χ0v) is 14.2. The lowest BCUT2D eigenvalue weighted by atomic mass is 9.89. The highest BCUT2D eigenvalue weighted by molar-refractivity contribution is 5.79. The topological polar surface area (TPSA) is 46.3 Å². The Morgan fingerprint density at radius 1 is 1.04 bits per heavy atom. The molecule has 2 N–H and O–H groups in total. The maximum absolute atomic E-state index is 13.1. The number of nitrogens with two attached hydrogens (primary N) is 1. The Bertz CT molecular complexity index is 761. The zero-order chi connectivity index (χ0) is 18.7. The lowest BCUT2D eigenvalue weighted by Gasteiger charge is -2.18. The molecule has 0 radical (unpaired) electrons. The Morgan fingerprint density at radius 2 is 1.69 bits per heavy atom. The first-order chi connectivity index (χ1) is 12.4. The predicted octanol–water partition coefficient (Wildman–Crippen LogP) is 3.45. The van der Waals surface area contributed by atoms with Gasteiger partial charge in [-0.15, -0.1) is 0 Å². The van der Waals surface area contributed by atoms with Crippen LogP contribution < -0.4 is 5.73 Å². The van der Waals surface area contributed by atoms with Gasteiger partial charge in [0.2, 0.25) is 5.91 Å². The van der Waals surface area contributed by atoms with Crippen molar-refractivity contribution in [1.82, 2.24) is 4.90 Å². The Kier molecular flexibility index (Phi) is 5.32. The number of amides is 1. The molecule has 2 atom stereocenters. The number of likely N-dealkylation sites (tertiary alicyclic amines) is 1. The van der Waals surface area contributed by atoms with E-state index in [-0.39, 0.29) is 29.7 Å². The Labute approximate surface area is 150 Å². The van der Waals surface area contributed by atoms with Gasteiger partial charge in [0.1, 0.15) is 0 Å². The third-order valence-corrected chi connectivity index (χ3v) is 4.99. The molecule has 1 aliphatic heterocycles. The van der Waals surface area contributed by atoms with Crippen molar-refractivity contribution in [2.45, 2.75) is 18.5 Å². The average Bonchev–Trinajstić information content (AvgIpc) is 3.06. The minimum absolute atomic E-state index is 0.0115. The van der Waals surface area contributed by atoms with Crippen molar-refractivity contribution in [3.8, 4) is 0 Å². The van der Waals surface area contributed by atoms with E-state index < -0.39 is 11.7 Å². The van der Waals surface area contributed by atoms with E-state index in [1.807, 2.05) is 30.3 Å². The minimum atomic E-state index is -4.46. The molecule has 3 nitrogen and oxygen atoms in total. The van der Waals surface area contributed by atoms with Crippen molar-refractivity contribution in [3.63, 3.8) is 0 Å². The van der Waals surface area contributed by atoms with E-state index in [4.69, 9.17) is 5.73 Å². The van der Waals surface area contributed by atoms with Crippen molar-refractivity contribution in [2.24, 2.45) is 11.7 Å². The van der Waals surface area contributed by atoms with Crippen LogP contribution in [-0.4, -0.2) is 30.4 Å². The van der Waals surface area contributed by atoms with Gasteiger partial charge < -0.3 is 10.6 Å². The number of carbonyl (C=O) groups excluding carboxylic acids is 1. The summed E-state index contributed by atoms with van der Waals surface area (Å²) < 4.78 is 39.4. The number of alkyl halides is 3. The average molecular weight is 362 g/mol. The normalized spacial score (nSPS) is 20.4. The fraction of sp³-hybridized carbons (Fsp3) is 0.350. The summed E-state index contributed by atoms with van der Waals surface area (Å²) in [5.41, 5.74) is 6.24. The predicted molar refractivity (Wildman–Crippen MR) is 93.5 cm³/mol. The molecular formula is C20H21F3N2O. The van der Waals surface area contributed by atoms with Crippen LogP contribution in [-0.2, 0) is 17.4 Å². The zero-order valence-electron chi connectivity index (χ0n) is 14.2. The molecule has 1 saturated heterocycles. The molecule has 0 aliphatic carbocycles. The summed E-state index contributed by atoms with van der Waals surface area (Å²) in [6, 6.07) is 15.0. The van der Waals surface area contributed by atoms with Gasteiger partial charge in [0.05, 0.1) is 12.0 Å². The van der Waals surface area contributed by atoms with Gasteiger partial charge in [-0.05, 0) is 29.7 Å². The van der Waals surface area contributed by atoms with Crippen LogP contribution in [0.2, 0.25) is 0 Å². The van der Waals surface area contributed by atoms with Crippen LogP contribution in [0.1, 0.15) is 22.6 Å². The Balaban J connectivity index is 1.76. The van der Waals surface area contributed by atoms with Crippen LogP contribution in [0.5, 0.6) is 0 Å². The van der Waals surface area contributed by atoms with Gasteiger partial charge >= 0.3 is 6.18 Å². The molecular weight excluding hydrogens is 341 g/mol. The number of nitrogens with zero attached hydrogens (tertiary/aromatic N) is 1. The van der Waals surface area contributed by atoms with E-state index in [2.05, 4.69) is 0 Å². The van der Waals surface area contributed by atoms with Crippen molar-refractivity contribution in [1.29, 1.82) is 0 Å². The van der Waals surface area contributed by atoms with Crippen molar-refractivity contribution < 1.29 is 18.0 Å². The number of halogens is 3. The molecule has 0 spiro atoms. The molecule has 2 aromatic rings. The van der Waals surface area contributed by atoms with E-state index in [9.17, 15) is 18.0 Å². The second-order valence-corrected chi connectivity index (χ2v) is 6.64. The summed E-state index contributed by atoms with van der Waals surface area (Å²) in [5, 5.41) is 0. The smallest absolute Gasteiger partial charge is 0.341 e. The van der Waals surface area contributed by atoms with Gasteiger partial charge in [0, 0.05) is 19.0 Å². The van der Waals surface area contributed by atoms with Gasteiger partial charge in [0.15, 0.2) is 0 Å². The molecule has 1 fully saturated rings. The molecule has 0 unspecified atom stereocenters. The van der Waals surface area contributed by atoms with Crippen molar-refractivity contribution in [3.05, 3.63) is 71.3 Å². The lowest BCUT2D eigenvalue weighted by molar-refractivity contribution is -0.138. The SMILES string of the molecule is NC[C@@H]1CN(C(=O)Cc2ccccc2C(F)(F)F)C[C@H]1c1ccccc1. The lowest BCUT2D eigenvalue weighted by Crippen LogP contribution is -2.31. The molecule has 3 rings (SSSR count). The standard InChI is InChI=1S/C20H21F3N2O/c21-20(22,23)18-9-5-4-8-15(18)10-19(26)25-12-16(11-24)17(13-25)14-6-2-1-3-7-14/h1-9,16-17H,10-13,24H2/t16-,17+/m1/s1. The Hall–Kier alpha value is -2.34. The third-order valence-electron chi connectivity index (χ3n) is 4.99. The highest BCUT2D eigenvalue weighted by Crippen LogP contribution is 2.34. The monoisotopic (exact) mass is 362 g/mol.